The van der Waals surface area contributed by atoms with Crippen molar-refractivity contribution < 1.29 is 22.9 Å². The number of ether oxygens (including phenoxy) is 1. The smallest absolute Gasteiger partial charge is 0.271 e. The first-order chi connectivity index (χ1) is 14.1. The second-order valence-electron chi connectivity index (χ2n) is 6.26. The van der Waals surface area contributed by atoms with Crippen molar-refractivity contribution >= 4 is 38.9 Å². The highest BCUT2D eigenvalue weighted by Gasteiger charge is 2.26. The number of sulfonamides is 1. The topological polar surface area (TPSA) is 119 Å². The SMILES string of the molecule is CCOc1ccc(S(=O)(=O)N(CC)CC(=O)Nc2cc([N+](=O)[O-])ccc2C)cc1Cl. The Morgan fingerprint density at radius 1 is 1.23 bits per heavy atom. The van der Waals surface area contributed by atoms with Gasteiger partial charge in [0.05, 0.1) is 33.7 Å². The Kier molecular flexibility index (Phi) is 7.77. The van der Waals surface area contributed by atoms with Gasteiger partial charge in [-0.05, 0) is 37.6 Å². The molecule has 30 heavy (non-hydrogen) atoms. The van der Waals surface area contributed by atoms with Crippen molar-refractivity contribution in [1.82, 2.24) is 4.31 Å². The highest BCUT2D eigenvalue weighted by atomic mass is 35.5. The Morgan fingerprint density at radius 3 is 2.50 bits per heavy atom. The van der Waals surface area contributed by atoms with Gasteiger partial charge in [0.15, 0.2) is 0 Å². The fraction of sp³-hybridized carbons (Fsp3) is 0.316. The summed E-state index contributed by atoms with van der Waals surface area (Å²) in [7, 11) is -4.00. The van der Waals surface area contributed by atoms with E-state index in [9.17, 15) is 23.3 Å². The molecule has 0 atom stereocenters. The van der Waals surface area contributed by atoms with E-state index in [1.54, 1.807) is 20.8 Å². The summed E-state index contributed by atoms with van der Waals surface area (Å²) in [5.41, 5.74) is 0.671. The van der Waals surface area contributed by atoms with Gasteiger partial charge < -0.3 is 10.1 Å². The molecule has 0 saturated heterocycles. The van der Waals surface area contributed by atoms with E-state index in [1.165, 1.54) is 36.4 Å². The van der Waals surface area contributed by atoms with Gasteiger partial charge >= 0.3 is 0 Å². The molecule has 0 bridgehead atoms. The van der Waals surface area contributed by atoms with Gasteiger partial charge in [0.1, 0.15) is 5.75 Å². The zero-order valence-electron chi connectivity index (χ0n) is 16.7. The second kappa shape index (κ2) is 9.88. The minimum Gasteiger partial charge on any atom is -0.492 e. The molecular formula is C19H22ClN3O6S. The molecule has 0 unspecified atom stereocenters. The van der Waals surface area contributed by atoms with Crippen LogP contribution in [0.5, 0.6) is 5.75 Å². The summed E-state index contributed by atoms with van der Waals surface area (Å²) in [5.74, 6) is -0.263. The van der Waals surface area contributed by atoms with Crippen LogP contribution in [0.3, 0.4) is 0 Å². The quantitative estimate of drug-likeness (QED) is 0.455. The zero-order valence-corrected chi connectivity index (χ0v) is 18.3. The van der Waals surface area contributed by atoms with Crippen molar-refractivity contribution in [2.45, 2.75) is 25.7 Å². The molecular weight excluding hydrogens is 434 g/mol. The Bertz CT molecular complexity index is 1060. The van der Waals surface area contributed by atoms with E-state index in [2.05, 4.69) is 5.32 Å². The van der Waals surface area contributed by atoms with E-state index in [0.29, 0.717) is 17.9 Å². The number of nitro benzene ring substituents is 1. The van der Waals surface area contributed by atoms with Gasteiger partial charge in [-0.3, -0.25) is 14.9 Å². The molecule has 0 radical (unpaired) electrons. The molecule has 9 nitrogen and oxygen atoms in total. The van der Waals surface area contributed by atoms with Crippen molar-refractivity contribution in [3.63, 3.8) is 0 Å². The molecule has 0 aromatic heterocycles. The number of benzene rings is 2. The van der Waals surface area contributed by atoms with Gasteiger partial charge in [0, 0.05) is 18.7 Å². The first-order valence-electron chi connectivity index (χ1n) is 9.07. The normalized spacial score (nSPS) is 11.4. The summed E-state index contributed by atoms with van der Waals surface area (Å²) in [6, 6.07) is 8.14. The molecule has 0 spiro atoms. The van der Waals surface area contributed by atoms with Gasteiger partial charge in [0.2, 0.25) is 15.9 Å². The molecule has 0 fully saturated rings. The van der Waals surface area contributed by atoms with Gasteiger partial charge in [-0.15, -0.1) is 0 Å². The molecule has 2 rings (SSSR count). The van der Waals surface area contributed by atoms with E-state index in [4.69, 9.17) is 16.3 Å². The minimum atomic E-state index is -4.00. The molecule has 0 aliphatic heterocycles. The van der Waals surface area contributed by atoms with Crippen LogP contribution in [0, 0.1) is 17.0 Å². The van der Waals surface area contributed by atoms with Gasteiger partial charge in [0.25, 0.3) is 5.69 Å². The summed E-state index contributed by atoms with van der Waals surface area (Å²) in [5, 5.41) is 13.6. The van der Waals surface area contributed by atoms with Crippen LogP contribution in [0.25, 0.3) is 0 Å². The zero-order chi connectivity index (χ0) is 22.5. The largest absolute Gasteiger partial charge is 0.492 e. The summed E-state index contributed by atoms with van der Waals surface area (Å²) < 4.78 is 32.2. The number of carbonyl (C=O) groups excluding carboxylic acids is 1. The van der Waals surface area contributed by atoms with Crippen LogP contribution >= 0.6 is 11.6 Å². The van der Waals surface area contributed by atoms with Gasteiger partial charge in [-0.1, -0.05) is 24.6 Å². The molecule has 0 saturated carbocycles. The van der Waals surface area contributed by atoms with Crippen LogP contribution in [0.1, 0.15) is 19.4 Å². The summed E-state index contributed by atoms with van der Waals surface area (Å²) in [6.07, 6.45) is 0. The highest BCUT2D eigenvalue weighted by Crippen LogP contribution is 2.29. The Morgan fingerprint density at radius 2 is 1.93 bits per heavy atom. The molecule has 0 aliphatic rings. The first kappa shape index (κ1) is 23.6. The van der Waals surface area contributed by atoms with E-state index in [0.717, 1.165) is 4.31 Å². The van der Waals surface area contributed by atoms with E-state index >= 15 is 0 Å². The van der Waals surface area contributed by atoms with Crippen LogP contribution in [0.15, 0.2) is 41.3 Å². The van der Waals surface area contributed by atoms with Crippen LogP contribution in [-0.2, 0) is 14.8 Å². The molecule has 11 heteroatoms. The van der Waals surface area contributed by atoms with Crippen LogP contribution in [-0.4, -0.2) is 43.2 Å². The lowest BCUT2D eigenvalue weighted by Crippen LogP contribution is -2.37. The van der Waals surface area contributed by atoms with E-state index in [-0.39, 0.29) is 27.8 Å². The van der Waals surface area contributed by atoms with Crippen molar-refractivity contribution in [3.05, 3.63) is 57.1 Å². The van der Waals surface area contributed by atoms with E-state index < -0.39 is 27.4 Å². The second-order valence-corrected chi connectivity index (χ2v) is 8.61. The summed E-state index contributed by atoms with van der Waals surface area (Å²) in [6.45, 7) is 5.00. The number of rotatable bonds is 9. The van der Waals surface area contributed by atoms with Gasteiger partial charge in [-0.25, -0.2) is 8.42 Å². The monoisotopic (exact) mass is 455 g/mol. The lowest BCUT2D eigenvalue weighted by molar-refractivity contribution is -0.384. The predicted octanol–water partition coefficient (Wildman–Crippen LogP) is 3.60. The standard InChI is InChI=1S/C19H22ClN3O6S/c1-4-22(30(27,28)15-8-9-18(29-5-2)16(20)11-15)12-19(24)21-17-10-14(23(25)26)7-6-13(17)3/h6-11H,4-5,12H2,1-3H3,(H,21,24). The maximum absolute atomic E-state index is 12.9. The van der Waals surface area contributed by atoms with E-state index in [1.807, 2.05) is 0 Å². The summed E-state index contributed by atoms with van der Waals surface area (Å²) in [4.78, 5) is 22.8. The lowest BCUT2D eigenvalue weighted by Gasteiger charge is -2.21. The van der Waals surface area contributed by atoms with Crippen LogP contribution < -0.4 is 10.1 Å². The number of nitrogens with one attached hydrogen (secondary N) is 1. The molecule has 2 aromatic rings. The fourth-order valence-electron chi connectivity index (χ4n) is 2.64. The minimum absolute atomic E-state index is 0.0362. The molecule has 2 aromatic carbocycles. The average molecular weight is 456 g/mol. The maximum atomic E-state index is 12.9. The Labute approximate surface area is 179 Å². The predicted molar refractivity (Wildman–Crippen MR) is 114 cm³/mol. The van der Waals surface area contributed by atoms with Crippen molar-refractivity contribution in [2.24, 2.45) is 0 Å². The third-order valence-corrected chi connectivity index (χ3v) is 6.43. The third-order valence-electron chi connectivity index (χ3n) is 4.22. The fourth-order valence-corrected chi connectivity index (χ4v) is 4.37. The van der Waals surface area contributed by atoms with Crippen molar-refractivity contribution in [3.8, 4) is 5.75 Å². The van der Waals surface area contributed by atoms with Crippen LogP contribution in [0.2, 0.25) is 5.02 Å². The number of nitro groups is 1. The molecule has 1 amide bonds. The van der Waals surface area contributed by atoms with Crippen molar-refractivity contribution in [2.75, 3.05) is 25.0 Å². The number of amides is 1. The number of aryl methyl sites for hydroxylation is 1. The maximum Gasteiger partial charge on any atom is 0.271 e. The number of anilines is 1. The number of hydrogen-bond acceptors (Lipinski definition) is 6. The van der Waals surface area contributed by atoms with Crippen molar-refractivity contribution in [1.29, 1.82) is 0 Å². The van der Waals surface area contributed by atoms with Crippen LogP contribution in [0.4, 0.5) is 11.4 Å². The Hall–Kier alpha value is -2.69. The first-order valence-corrected chi connectivity index (χ1v) is 10.9. The average Bonchev–Trinajstić information content (AvgIpc) is 2.69. The number of nitrogens with zero attached hydrogens (tertiary/aromatic N) is 2. The number of carbonyl (C=O) groups is 1. The Balaban J connectivity index is 2.21. The number of hydrogen-bond donors (Lipinski definition) is 1. The number of halogens is 1. The summed E-state index contributed by atoms with van der Waals surface area (Å²) >= 11 is 6.09. The number of non-ortho nitro benzene ring substituents is 1. The lowest BCUT2D eigenvalue weighted by atomic mass is 10.2. The molecule has 0 aliphatic carbocycles. The van der Waals surface area contributed by atoms with Gasteiger partial charge in [-0.2, -0.15) is 4.31 Å². The highest BCUT2D eigenvalue weighted by molar-refractivity contribution is 7.89. The number of likely N-dealkylation sites (N-methyl/N-ethyl adjacent to an activating group) is 1. The molecule has 0 heterocycles. The third kappa shape index (κ3) is 5.47. The molecule has 162 valence electrons. The molecule has 1 N–H and O–H groups in total.